The number of likely N-dealkylation sites (N-methyl/N-ethyl adjacent to an activating group) is 1. The van der Waals surface area contributed by atoms with Crippen LogP contribution in [0.2, 0.25) is 0 Å². The van der Waals surface area contributed by atoms with E-state index in [4.69, 9.17) is 14.7 Å². The lowest BCUT2D eigenvalue weighted by Crippen LogP contribution is -2.45. The number of thiazole rings is 1. The van der Waals surface area contributed by atoms with E-state index in [1.807, 2.05) is 12.1 Å². The Morgan fingerprint density at radius 2 is 1.92 bits per heavy atom. The molecule has 4 aromatic rings. The van der Waals surface area contributed by atoms with E-state index >= 15 is 0 Å². The summed E-state index contributed by atoms with van der Waals surface area (Å²) in [6.45, 7) is 6.55. The molecular formula is C25H26F2N8OS. The van der Waals surface area contributed by atoms with Gasteiger partial charge in [-0.3, -0.25) is 4.90 Å². The van der Waals surface area contributed by atoms with Crippen LogP contribution in [0, 0.1) is 11.6 Å². The topological polar surface area (TPSA) is 84.2 Å². The molecule has 6 rings (SSSR count). The number of fused-ring (bicyclic) bond motifs is 3. The molecule has 0 unspecified atom stereocenters. The molecule has 3 aromatic heterocycles. The van der Waals surface area contributed by atoms with Gasteiger partial charge in [0.15, 0.2) is 16.6 Å². The fourth-order valence-corrected chi connectivity index (χ4v) is 5.54. The molecule has 1 saturated heterocycles. The standard InChI is InChI=1S/C25H26F2N8OS/c1-33-9-11-34(12-10-33)8-7-28-21-5-4-19-22(31-21)23-20(6-13-36-19)37-25(32-23)24-29-15-30-35(24)18-3-2-16(26)14-17(18)27/h2-5,14-15H,6-13H2,1H3,(H,28,31). The minimum absolute atomic E-state index is 0.105. The predicted molar refractivity (Wildman–Crippen MR) is 137 cm³/mol. The van der Waals surface area contributed by atoms with E-state index in [2.05, 4.69) is 32.2 Å². The molecule has 0 saturated carbocycles. The smallest absolute Gasteiger partial charge is 0.192 e. The lowest BCUT2D eigenvalue weighted by Gasteiger charge is -2.32. The first-order valence-electron chi connectivity index (χ1n) is 12.2. The molecule has 5 heterocycles. The monoisotopic (exact) mass is 524 g/mol. The number of aromatic nitrogens is 5. The Bertz CT molecular complexity index is 1420. The van der Waals surface area contributed by atoms with E-state index in [1.54, 1.807) is 0 Å². The summed E-state index contributed by atoms with van der Waals surface area (Å²) in [6, 6.07) is 7.20. The van der Waals surface area contributed by atoms with Crippen molar-refractivity contribution in [2.75, 3.05) is 58.2 Å². The second kappa shape index (κ2) is 10.1. The SMILES string of the molecule is CN1CCN(CCNc2ccc3c(n2)-c2nc(-c4ncnn4-c4ccc(F)cc4F)sc2CCO3)CC1. The summed E-state index contributed by atoms with van der Waals surface area (Å²) in [4.78, 5) is 19.8. The molecule has 0 aliphatic carbocycles. The fraction of sp³-hybridized carbons (Fsp3) is 0.360. The Morgan fingerprint density at radius 3 is 2.76 bits per heavy atom. The van der Waals surface area contributed by atoms with Crippen molar-refractivity contribution in [3.8, 4) is 33.7 Å². The zero-order valence-corrected chi connectivity index (χ0v) is 21.1. The molecule has 1 fully saturated rings. The molecule has 1 N–H and O–H groups in total. The Morgan fingerprint density at radius 1 is 1.05 bits per heavy atom. The second-order valence-electron chi connectivity index (χ2n) is 9.10. The van der Waals surface area contributed by atoms with Gasteiger partial charge in [-0.1, -0.05) is 0 Å². The highest BCUT2D eigenvalue weighted by Gasteiger charge is 2.25. The minimum atomic E-state index is -0.724. The Kier molecular flexibility index (Phi) is 6.53. The zero-order valence-electron chi connectivity index (χ0n) is 20.3. The van der Waals surface area contributed by atoms with Gasteiger partial charge in [0, 0.05) is 56.6 Å². The summed E-state index contributed by atoms with van der Waals surface area (Å²) in [6.07, 6.45) is 2.00. The molecule has 0 spiro atoms. The average molecular weight is 525 g/mol. The summed E-state index contributed by atoms with van der Waals surface area (Å²) in [5, 5.41) is 8.18. The number of pyridine rings is 1. The largest absolute Gasteiger partial charge is 0.491 e. The highest BCUT2D eigenvalue weighted by Crippen LogP contribution is 2.39. The molecule has 192 valence electrons. The third-order valence-corrected chi connectivity index (χ3v) is 7.68. The van der Waals surface area contributed by atoms with Gasteiger partial charge in [0.1, 0.15) is 40.8 Å². The van der Waals surface area contributed by atoms with Gasteiger partial charge in [0.2, 0.25) is 0 Å². The number of nitrogens with zero attached hydrogens (tertiary/aromatic N) is 7. The van der Waals surface area contributed by atoms with E-state index in [-0.39, 0.29) is 5.69 Å². The Balaban J connectivity index is 1.26. The van der Waals surface area contributed by atoms with Gasteiger partial charge >= 0.3 is 0 Å². The molecule has 9 nitrogen and oxygen atoms in total. The summed E-state index contributed by atoms with van der Waals surface area (Å²) >= 11 is 1.45. The maximum Gasteiger partial charge on any atom is 0.192 e. The maximum absolute atomic E-state index is 14.5. The quantitative estimate of drug-likeness (QED) is 0.411. The lowest BCUT2D eigenvalue weighted by molar-refractivity contribution is 0.158. The zero-order chi connectivity index (χ0) is 25.4. The number of anilines is 1. The van der Waals surface area contributed by atoms with Crippen molar-refractivity contribution in [3.63, 3.8) is 0 Å². The van der Waals surface area contributed by atoms with Crippen LogP contribution in [0.5, 0.6) is 5.75 Å². The number of halogens is 2. The van der Waals surface area contributed by atoms with E-state index in [0.717, 1.165) is 61.7 Å². The first kappa shape index (κ1) is 23.9. The lowest BCUT2D eigenvalue weighted by atomic mass is 10.2. The number of nitrogens with one attached hydrogen (secondary N) is 1. The summed E-state index contributed by atoms with van der Waals surface area (Å²) in [7, 11) is 2.15. The second-order valence-corrected chi connectivity index (χ2v) is 10.2. The van der Waals surface area contributed by atoms with Crippen molar-refractivity contribution in [3.05, 3.63) is 53.2 Å². The number of hydrogen-bond acceptors (Lipinski definition) is 9. The van der Waals surface area contributed by atoms with Gasteiger partial charge in [-0.25, -0.2) is 28.4 Å². The Hall–Kier alpha value is -3.48. The summed E-state index contributed by atoms with van der Waals surface area (Å²) in [5.41, 5.74) is 1.50. The molecule has 37 heavy (non-hydrogen) atoms. The van der Waals surface area contributed by atoms with Crippen LogP contribution in [-0.2, 0) is 6.42 Å². The number of ether oxygens (including phenoxy) is 1. The number of rotatable bonds is 6. The van der Waals surface area contributed by atoms with Gasteiger partial charge in [0.05, 0.1) is 6.61 Å². The van der Waals surface area contributed by atoms with Gasteiger partial charge in [0.25, 0.3) is 0 Å². The van der Waals surface area contributed by atoms with Crippen LogP contribution in [0.25, 0.3) is 27.9 Å². The summed E-state index contributed by atoms with van der Waals surface area (Å²) < 4.78 is 35.2. The van der Waals surface area contributed by atoms with Crippen molar-refractivity contribution < 1.29 is 13.5 Å². The third-order valence-electron chi connectivity index (χ3n) is 6.57. The van der Waals surface area contributed by atoms with Crippen LogP contribution in [0.1, 0.15) is 4.88 Å². The Labute approximate surface area is 216 Å². The van der Waals surface area contributed by atoms with Crippen molar-refractivity contribution in [1.29, 1.82) is 0 Å². The molecule has 0 radical (unpaired) electrons. The van der Waals surface area contributed by atoms with Crippen LogP contribution >= 0.6 is 11.3 Å². The first-order valence-corrected chi connectivity index (χ1v) is 13.0. The number of piperazine rings is 1. The van der Waals surface area contributed by atoms with Crippen LogP contribution in [0.15, 0.2) is 36.7 Å². The van der Waals surface area contributed by atoms with Gasteiger partial charge in [-0.15, -0.1) is 11.3 Å². The summed E-state index contributed by atoms with van der Waals surface area (Å²) in [5.74, 6) is 0.436. The molecular weight excluding hydrogens is 498 g/mol. The van der Waals surface area contributed by atoms with Crippen molar-refractivity contribution >= 4 is 17.2 Å². The first-order chi connectivity index (χ1) is 18.0. The normalized spacial score (nSPS) is 16.1. The average Bonchev–Trinajstić information content (AvgIpc) is 3.50. The molecule has 2 aliphatic rings. The van der Waals surface area contributed by atoms with Crippen molar-refractivity contribution in [2.45, 2.75) is 6.42 Å². The minimum Gasteiger partial charge on any atom is -0.491 e. The molecule has 0 atom stereocenters. The number of benzene rings is 1. The predicted octanol–water partition coefficient (Wildman–Crippen LogP) is 3.33. The maximum atomic E-state index is 14.5. The van der Waals surface area contributed by atoms with Gasteiger partial charge < -0.3 is 15.0 Å². The molecule has 12 heteroatoms. The van der Waals surface area contributed by atoms with E-state index in [1.165, 1.54) is 34.5 Å². The van der Waals surface area contributed by atoms with Crippen LogP contribution in [0.3, 0.4) is 0 Å². The van der Waals surface area contributed by atoms with Gasteiger partial charge in [-0.2, -0.15) is 5.10 Å². The van der Waals surface area contributed by atoms with Crippen LogP contribution in [0.4, 0.5) is 14.6 Å². The van der Waals surface area contributed by atoms with Crippen molar-refractivity contribution in [2.24, 2.45) is 0 Å². The number of hydrogen-bond donors (Lipinski definition) is 1. The van der Waals surface area contributed by atoms with E-state index in [9.17, 15) is 8.78 Å². The highest BCUT2D eigenvalue weighted by atomic mass is 32.1. The van der Waals surface area contributed by atoms with E-state index in [0.29, 0.717) is 35.3 Å². The molecule has 0 bridgehead atoms. The van der Waals surface area contributed by atoms with Gasteiger partial charge in [-0.05, 0) is 31.3 Å². The van der Waals surface area contributed by atoms with Crippen LogP contribution < -0.4 is 10.1 Å². The fourth-order valence-electron chi connectivity index (χ4n) is 4.52. The third kappa shape index (κ3) is 4.91. The molecule has 2 aliphatic heterocycles. The molecule has 0 amide bonds. The molecule has 1 aromatic carbocycles. The van der Waals surface area contributed by atoms with Crippen molar-refractivity contribution in [1.82, 2.24) is 34.5 Å². The van der Waals surface area contributed by atoms with E-state index < -0.39 is 11.6 Å². The highest BCUT2D eigenvalue weighted by molar-refractivity contribution is 7.15. The van der Waals surface area contributed by atoms with Crippen LogP contribution in [-0.4, -0.2) is 87.5 Å².